The van der Waals surface area contributed by atoms with Crippen LogP contribution in [0.1, 0.15) is 19.7 Å². The Balaban J connectivity index is 2.35. The molecular weight excluding hydrogens is 266 g/mol. The second-order valence-corrected chi connectivity index (χ2v) is 4.39. The highest BCUT2D eigenvalue weighted by atomic mass is 16.5. The highest BCUT2D eigenvalue weighted by molar-refractivity contribution is 5.62. The van der Waals surface area contributed by atoms with Crippen LogP contribution in [0.2, 0.25) is 0 Å². The Labute approximate surface area is 124 Å². The Morgan fingerprint density at radius 1 is 1.19 bits per heavy atom. The molecule has 3 N–H and O–H groups in total. The first-order valence-electron chi connectivity index (χ1n) is 7.03. The molecule has 0 aliphatic carbocycles. The van der Waals surface area contributed by atoms with E-state index >= 15 is 0 Å². The second-order valence-electron chi connectivity index (χ2n) is 4.39. The molecule has 1 heterocycles. The lowest BCUT2D eigenvalue weighted by Crippen LogP contribution is -2.20. The van der Waals surface area contributed by atoms with Gasteiger partial charge in [0.15, 0.2) is 5.82 Å². The fourth-order valence-electron chi connectivity index (χ4n) is 2.04. The van der Waals surface area contributed by atoms with Crippen molar-refractivity contribution in [2.45, 2.75) is 20.5 Å². The standard InChI is InChI=1S/C15H21N5O/c1-3-20(12-8-6-5-7-9-12)15-10-13(19-16)17-14(18-15)11-21-4-2/h5-10H,3-4,11,16H2,1-2H3,(H,17,18,19). The van der Waals surface area contributed by atoms with Crippen molar-refractivity contribution >= 4 is 17.3 Å². The van der Waals surface area contributed by atoms with E-state index in [1.54, 1.807) is 0 Å². The molecule has 6 heteroatoms. The monoisotopic (exact) mass is 287 g/mol. The summed E-state index contributed by atoms with van der Waals surface area (Å²) in [5.74, 6) is 7.47. The van der Waals surface area contributed by atoms with Gasteiger partial charge in [-0.15, -0.1) is 0 Å². The third-order valence-electron chi connectivity index (χ3n) is 3.00. The van der Waals surface area contributed by atoms with Crippen LogP contribution in [0.3, 0.4) is 0 Å². The number of hydrogen-bond donors (Lipinski definition) is 2. The minimum Gasteiger partial charge on any atom is -0.374 e. The lowest BCUT2D eigenvalue weighted by Gasteiger charge is -2.23. The zero-order valence-corrected chi connectivity index (χ0v) is 12.4. The molecule has 0 aliphatic rings. The van der Waals surface area contributed by atoms with Crippen LogP contribution in [0.25, 0.3) is 0 Å². The van der Waals surface area contributed by atoms with Crippen molar-refractivity contribution < 1.29 is 4.74 Å². The average molecular weight is 287 g/mol. The van der Waals surface area contributed by atoms with E-state index in [4.69, 9.17) is 10.6 Å². The zero-order chi connectivity index (χ0) is 15.1. The van der Waals surface area contributed by atoms with Crippen LogP contribution in [0.4, 0.5) is 17.3 Å². The molecule has 0 aliphatic heterocycles. The number of nitrogens with one attached hydrogen (secondary N) is 1. The van der Waals surface area contributed by atoms with Gasteiger partial charge in [0.1, 0.15) is 18.2 Å². The number of benzene rings is 1. The van der Waals surface area contributed by atoms with E-state index in [9.17, 15) is 0 Å². The first-order chi connectivity index (χ1) is 10.3. The molecule has 1 aromatic heterocycles. The Morgan fingerprint density at radius 3 is 2.57 bits per heavy atom. The third kappa shape index (κ3) is 3.90. The zero-order valence-electron chi connectivity index (χ0n) is 12.4. The predicted octanol–water partition coefficient (Wildman–Crippen LogP) is 2.46. The minimum atomic E-state index is 0.366. The molecule has 0 fully saturated rings. The number of nitrogen functional groups attached to an aromatic ring is 1. The summed E-state index contributed by atoms with van der Waals surface area (Å²) in [6, 6.07) is 11.9. The quantitative estimate of drug-likeness (QED) is 0.602. The molecular formula is C15H21N5O. The number of ether oxygens (including phenoxy) is 1. The number of anilines is 3. The smallest absolute Gasteiger partial charge is 0.158 e. The van der Waals surface area contributed by atoms with Gasteiger partial charge in [0, 0.05) is 24.9 Å². The predicted molar refractivity (Wildman–Crippen MR) is 84.3 cm³/mol. The van der Waals surface area contributed by atoms with E-state index in [2.05, 4.69) is 27.2 Å². The van der Waals surface area contributed by atoms with Crippen molar-refractivity contribution in [2.24, 2.45) is 5.84 Å². The van der Waals surface area contributed by atoms with Crippen LogP contribution in [0.5, 0.6) is 0 Å². The van der Waals surface area contributed by atoms with Crippen LogP contribution in [0, 0.1) is 0 Å². The fraction of sp³-hybridized carbons (Fsp3) is 0.333. The molecule has 0 bridgehead atoms. The Hall–Kier alpha value is -2.18. The van der Waals surface area contributed by atoms with Gasteiger partial charge in [-0.05, 0) is 26.0 Å². The summed E-state index contributed by atoms with van der Waals surface area (Å²) in [7, 11) is 0. The first kappa shape index (κ1) is 15.2. The van der Waals surface area contributed by atoms with E-state index < -0.39 is 0 Å². The van der Waals surface area contributed by atoms with E-state index in [1.807, 2.05) is 43.3 Å². The van der Waals surface area contributed by atoms with Gasteiger partial charge < -0.3 is 15.1 Å². The minimum absolute atomic E-state index is 0.366. The van der Waals surface area contributed by atoms with E-state index in [0.717, 1.165) is 18.1 Å². The van der Waals surface area contributed by atoms with Crippen molar-refractivity contribution in [3.63, 3.8) is 0 Å². The molecule has 1 aromatic carbocycles. The van der Waals surface area contributed by atoms with Crippen molar-refractivity contribution in [1.29, 1.82) is 0 Å². The summed E-state index contributed by atoms with van der Waals surface area (Å²) in [5, 5.41) is 0. The maximum Gasteiger partial charge on any atom is 0.158 e. The topological polar surface area (TPSA) is 76.3 Å². The summed E-state index contributed by atoms with van der Waals surface area (Å²) in [4.78, 5) is 11.0. The highest BCUT2D eigenvalue weighted by Crippen LogP contribution is 2.24. The van der Waals surface area contributed by atoms with E-state index in [-0.39, 0.29) is 0 Å². The average Bonchev–Trinajstić information content (AvgIpc) is 2.54. The number of hydrazine groups is 1. The van der Waals surface area contributed by atoms with Crippen molar-refractivity contribution in [2.75, 3.05) is 23.5 Å². The maximum atomic E-state index is 5.50. The molecule has 2 aromatic rings. The van der Waals surface area contributed by atoms with E-state index in [1.165, 1.54) is 0 Å². The fourth-order valence-corrected chi connectivity index (χ4v) is 2.04. The Morgan fingerprint density at radius 2 is 1.95 bits per heavy atom. The van der Waals surface area contributed by atoms with E-state index in [0.29, 0.717) is 24.9 Å². The number of aromatic nitrogens is 2. The summed E-state index contributed by atoms with van der Waals surface area (Å²) < 4.78 is 5.38. The normalized spacial score (nSPS) is 10.4. The van der Waals surface area contributed by atoms with Crippen LogP contribution in [-0.2, 0) is 11.3 Å². The van der Waals surface area contributed by atoms with Gasteiger partial charge in [0.05, 0.1) is 0 Å². The summed E-state index contributed by atoms with van der Waals surface area (Å²) >= 11 is 0. The molecule has 6 nitrogen and oxygen atoms in total. The lowest BCUT2D eigenvalue weighted by molar-refractivity contribution is 0.128. The maximum absolute atomic E-state index is 5.50. The molecule has 2 rings (SSSR count). The number of para-hydroxylation sites is 1. The van der Waals surface area contributed by atoms with Gasteiger partial charge in [-0.2, -0.15) is 0 Å². The van der Waals surface area contributed by atoms with Gasteiger partial charge in [0.2, 0.25) is 0 Å². The first-order valence-corrected chi connectivity index (χ1v) is 7.03. The molecule has 0 unspecified atom stereocenters. The van der Waals surface area contributed by atoms with Crippen LogP contribution in [-0.4, -0.2) is 23.1 Å². The number of rotatable bonds is 7. The molecule has 0 atom stereocenters. The summed E-state index contributed by atoms with van der Waals surface area (Å²) in [6.45, 7) is 5.79. The van der Waals surface area contributed by atoms with Crippen molar-refractivity contribution in [1.82, 2.24) is 9.97 Å². The SMILES string of the molecule is CCOCc1nc(NN)cc(N(CC)c2ccccc2)n1. The molecule has 112 valence electrons. The van der Waals surface area contributed by atoms with Crippen LogP contribution >= 0.6 is 0 Å². The van der Waals surface area contributed by atoms with Gasteiger partial charge in [-0.3, -0.25) is 0 Å². The second kappa shape index (κ2) is 7.56. The highest BCUT2D eigenvalue weighted by Gasteiger charge is 2.12. The lowest BCUT2D eigenvalue weighted by atomic mass is 10.3. The summed E-state index contributed by atoms with van der Waals surface area (Å²) in [6.07, 6.45) is 0. The Kier molecular flexibility index (Phi) is 5.48. The molecule has 0 saturated carbocycles. The largest absolute Gasteiger partial charge is 0.374 e. The van der Waals surface area contributed by atoms with Gasteiger partial charge in [-0.25, -0.2) is 15.8 Å². The van der Waals surface area contributed by atoms with Gasteiger partial charge in [0.25, 0.3) is 0 Å². The molecule has 0 radical (unpaired) electrons. The van der Waals surface area contributed by atoms with Crippen LogP contribution in [0.15, 0.2) is 36.4 Å². The molecule has 21 heavy (non-hydrogen) atoms. The number of nitrogens with two attached hydrogens (primary N) is 1. The molecule has 0 spiro atoms. The number of nitrogens with zero attached hydrogens (tertiary/aromatic N) is 3. The van der Waals surface area contributed by atoms with Gasteiger partial charge >= 0.3 is 0 Å². The van der Waals surface area contributed by atoms with Crippen molar-refractivity contribution in [3.05, 3.63) is 42.2 Å². The molecule has 0 amide bonds. The molecule has 0 saturated heterocycles. The summed E-state index contributed by atoms with van der Waals surface area (Å²) in [5.41, 5.74) is 3.65. The van der Waals surface area contributed by atoms with Gasteiger partial charge in [-0.1, -0.05) is 18.2 Å². The third-order valence-corrected chi connectivity index (χ3v) is 3.00. The Bertz CT molecular complexity index is 561. The van der Waals surface area contributed by atoms with Crippen molar-refractivity contribution in [3.8, 4) is 0 Å². The van der Waals surface area contributed by atoms with Crippen LogP contribution < -0.4 is 16.2 Å². The number of hydrogen-bond acceptors (Lipinski definition) is 6.